The summed E-state index contributed by atoms with van der Waals surface area (Å²) in [5.41, 5.74) is 7.97. The Kier molecular flexibility index (Phi) is 5.09. The van der Waals surface area contributed by atoms with Gasteiger partial charge >= 0.3 is 0 Å². The number of hydrogen-bond acceptors (Lipinski definition) is 3. The van der Waals surface area contributed by atoms with E-state index in [0.717, 1.165) is 31.2 Å². The van der Waals surface area contributed by atoms with Gasteiger partial charge < -0.3 is 16.0 Å². The van der Waals surface area contributed by atoms with Crippen molar-refractivity contribution in [2.45, 2.75) is 45.1 Å². The highest BCUT2D eigenvalue weighted by Gasteiger charge is 2.37. The number of anilines is 1. The molecule has 5 heteroatoms. The molecule has 23 heavy (non-hydrogen) atoms. The molecular weight excluding hydrogens is 290 g/mol. The van der Waals surface area contributed by atoms with Gasteiger partial charge in [-0.2, -0.15) is 0 Å². The predicted octanol–water partition coefficient (Wildman–Crippen LogP) is 2.54. The van der Waals surface area contributed by atoms with Crippen LogP contribution in [-0.4, -0.2) is 36.3 Å². The zero-order valence-corrected chi connectivity index (χ0v) is 14.5. The molecule has 1 aliphatic rings. The minimum Gasteiger partial charge on any atom is -0.345 e. The molecule has 5 nitrogen and oxygen atoms in total. The summed E-state index contributed by atoms with van der Waals surface area (Å²) in [6.07, 6.45) is 3.78. The highest BCUT2D eigenvalue weighted by Crippen LogP contribution is 2.32. The summed E-state index contributed by atoms with van der Waals surface area (Å²) in [6.45, 7) is 3.84. The van der Waals surface area contributed by atoms with Crippen LogP contribution in [0.4, 0.5) is 5.69 Å². The van der Waals surface area contributed by atoms with E-state index < -0.39 is 5.54 Å². The van der Waals surface area contributed by atoms with Crippen molar-refractivity contribution < 1.29 is 9.59 Å². The van der Waals surface area contributed by atoms with E-state index in [0.29, 0.717) is 11.3 Å². The van der Waals surface area contributed by atoms with Crippen LogP contribution >= 0.6 is 0 Å². The molecule has 0 aliphatic heterocycles. The van der Waals surface area contributed by atoms with Crippen LogP contribution in [0, 0.1) is 12.8 Å². The number of carbonyl (C=O) groups excluding carboxylic acids is 2. The molecule has 3 N–H and O–H groups in total. The molecule has 2 atom stereocenters. The molecule has 0 aromatic heterocycles. The number of carbonyl (C=O) groups is 2. The van der Waals surface area contributed by atoms with Crippen molar-refractivity contribution in [3.8, 4) is 0 Å². The number of benzene rings is 1. The summed E-state index contributed by atoms with van der Waals surface area (Å²) in [6, 6.07) is 5.43. The van der Waals surface area contributed by atoms with Gasteiger partial charge in [-0.3, -0.25) is 9.59 Å². The molecule has 2 amide bonds. The van der Waals surface area contributed by atoms with E-state index in [4.69, 9.17) is 5.73 Å². The first-order valence-corrected chi connectivity index (χ1v) is 8.14. The first-order valence-electron chi connectivity index (χ1n) is 8.14. The van der Waals surface area contributed by atoms with Gasteiger partial charge in [0.25, 0.3) is 5.91 Å². The molecule has 0 saturated heterocycles. The molecular formula is C18H27N3O2. The van der Waals surface area contributed by atoms with E-state index in [1.807, 2.05) is 26.0 Å². The fraction of sp³-hybridized carbons (Fsp3) is 0.556. The Morgan fingerprint density at radius 3 is 2.61 bits per heavy atom. The summed E-state index contributed by atoms with van der Waals surface area (Å²) < 4.78 is 0. The quantitative estimate of drug-likeness (QED) is 0.899. The molecule has 2 rings (SSSR count). The smallest absolute Gasteiger partial charge is 0.253 e. The summed E-state index contributed by atoms with van der Waals surface area (Å²) in [7, 11) is 3.43. The van der Waals surface area contributed by atoms with Crippen molar-refractivity contribution in [3.63, 3.8) is 0 Å². The third-order valence-corrected chi connectivity index (χ3v) is 4.71. The van der Waals surface area contributed by atoms with E-state index in [1.54, 1.807) is 20.2 Å². The Morgan fingerprint density at radius 1 is 1.30 bits per heavy atom. The Hall–Kier alpha value is -1.88. The standard InChI is InChI=1S/C18H27N3O2/c1-12-8-9-13(11-14(12)17(23)21(3)4)20-16(22)15-7-5-6-10-18(15,2)19/h8-9,11,15H,5-7,10,19H2,1-4H3,(H,20,22). The molecule has 1 aliphatic carbocycles. The maximum atomic E-state index is 12.6. The Labute approximate surface area is 138 Å². The number of nitrogens with one attached hydrogen (secondary N) is 1. The van der Waals surface area contributed by atoms with Gasteiger partial charge in [0.1, 0.15) is 0 Å². The van der Waals surface area contributed by atoms with Crippen molar-refractivity contribution in [2.24, 2.45) is 11.7 Å². The van der Waals surface area contributed by atoms with E-state index in [1.165, 1.54) is 4.90 Å². The third-order valence-electron chi connectivity index (χ3n) is 4.71. The number of aryl methyl sites for hydroxylation is 1. The summed E-state index contributed by atoms with van der Waals surface area (Å²) in [5, 5.41) is 2.94. The van der Waals surface area contributed by atoms with Crippen molar-refractivity contribution in [1.82, 2.24) is 4.90 Å². The number of nitrogens with zero attached hydrogens (tertiary/aromatic N) is 1. The lowest BCUT2D eigenvalue weighted by Gasteiger charge is -2.37. The SMILES string of the molecule is Cc1ccc(NC(=O)C2CCCCC2(C)N)cc1C(=O)N(C)C. The van der Waals surface area contributed by atoms with E-state index in [9.17, 15) is 9.59 Å². The van der Waals surface area contributed by atoms with Crippen molar-refractivity contribution in [3.05, 3.63) is 29.3 Å². The maximum absolute atomic E-state index is 12.6. The van der Waals surface area contributed by atoms with Gasteiger partial charge in [0.05, 0.1) is 5.92 Å². The number of rotatable bonds is 3. The third kappa shape index (κ3) is 3.91. The molecule has 2 unspecified atom stereocenters. The van der Waals surface area contributed by atoms with Gasteiger partial charge in [-0.1, -0.05) is 18.9 Å². The molecule has 0 spiro atoms. The monoisotopic (exact) mass is 317 g/mol. The highest BCUT2D eigenvalue weighted by atomic mass is 16.2. The molecule has 126 valence electrons. The predicted molar refractivity (Wildman–Crippen MR) is 92.4 cm³/mol. The highest BCUT2D eigenvalue weighted by molar-refractivity contribution is 5.98. The summed E-state index contributed by atoms with van der Waals surface area (Å²) >= 11 is 0. The minimum atomic E-state index is -0.463. The first kappa shape index (κ1) is 17.5. The Bertz CT molecular complexity index is 608. The Morgan fingerprint density at radius 2 is 2.00 bits per heavy atom. The average molecular weight is 317 g/mol. The maximum Gasteiger partial charge on any atom is 0.253 e. The number of amides is 2. The molecule has 0 heterocycles. The lowest BCUT2D eigenvalue weighted by atomic mass is 9.74. The summed E-state index contributed by atoms with van der Waals surface area (Å²) in [5.74, 6) is -0.313. The zero-order valence-electron chi connectivity index (χ0n) is 14.5. The minimum absolute atomic E-state index is 0.0539. The van der Waals surface area contributed by atoms with Gasteiger partial charge in [-0.05, 0) is 44.4 Å². The van der Waals surface area contributed by atoms with Crippen LogP contribution in [0.1, 0.15) is 48.5 Å². The fourth-order valence-corrected chi connectivity index (χ4v) is 3.19. The van der Waals surface area contributed by atoms with Crippen molar-refractivity contribution in [2.75, 3.05) is 19.4 Å². The normalized spacial score (nSPS) is 24.1. The van der Waals surface area contributed by atoms with Gasteiger partial charge in [0, 0.05) is 30.9 Å². The molecule has 0 radical (unpaired) electrons. The van der Waals surface area contributed by atoms with Gasteiger partial charge in [-0.15, -0.1) is 0 Å². The second-order valence-electron chi connectivity index (χ2n) is 7.02. The second-order valence-corrected chi connectivity index (χ2v) is 7.02. The fourth-order valence-electron chi connectivity index (χ4n) is 3.19. The Balaban J connectivity index is 2.18. The van der Waals surface area contributed by atoms with E-state index in [2.05, 4.69) is 5.32 Å². The lowest BCUT2D eigenvalue weighted by Crippen LogP contribution is -2.51. The lowest BCUT2D eigenvalue weighted by molar-refractivity contribution is -0.122. The first-order chi connectivity index (χ1) is 10.7. The van der Waals surface area contributed by atoms with E-state index >= 15 is 0 Å². The molecule has 0 bridgehead atoms. The van der Waals surface area contributed by atoms with Crippen LogP contribution in [0.2, 0.25) is 0 Å². The van der Waals surface area contributed by atoms with Crippen LogP contribution in [0.15, 0.2) is 18.2 Å². The molecule has 1 aromatic carbocycles. The summed E-state index contributed by atoms with van der Waals surface area (Å²) in [4.78, 5) is 26.3. The largest absolute Gasteiger partial charge is 0.345 e. The number of nitrogens with two attached hydrogens (primary N) is 1. The molecule has 1 saturated carbocycles. The van der Waals surface area contributed by atoms with Crippen LogP contribution in [0.3, 0.4) is 0 Å². The van der Waals surface area contributed by atoms with Crippen LogP contribution < -0.4 is 11.1 Å². The zero-order chi connectivity index (χ0) is 17.2. The van der Waals surface area contributed by atoms with Crippen LogP contribution in [-0.2, 0) is 4.79 Å². The van der Waals surface area contributed by atoms with Crippen LogP contribution in [0.5, 0.6) is 0 Å². The van der Waals surface area contributed by atoms with Gasteiger partial charge in [0.15, 0.2) is 0 Å². The van der Waals surface area contributed by atoms with Gasteiger partial charge in [0.2, 0.25) is 5.91 Å². The van der Waals surface area contributed by atoms with E-state index in [-0.39, 0.29) is 17.7 Å². The second kappa shape index (κ2) is 6.71. The van der Waals surface area contributed by atoms with Crippen molar-refractivity contribution in [1.29, 1.82) is 0 Å². The van der Waals surface area contributed by atoms with Crippen molar-refractivity contribution >= 4 is 17.5 Å². The number of hydrogen-bond donors (Lipinski definition) is 2. The average Bonchev–Trinajstić information content (AvgIpc) is 2.47. The van der Waals surface area contributed by atoms with Gasteiger partial charge in [-0.25, -0.2) is 0 Å². The molecule has 1 aromatic rings. The topological polar surface area (TPSA) is 75.4 Å². The van der Waals surface area contributed by atoms with Crippen LogP contribution in [0.25, 0.3) is 0 Å². The molecule has 1 fully saturated rings.